The number of fused-ring (bicyclic) bond motifs is 1. The van der Waals surface area contributed by atoms with Gasteiger partial charge in [0.05, 0.1) is 11.0 Å². The number of benzene rings is 3. The average molecular weight is 439 g/mol. The van der Waals surface area contributed by atoms with Crippen molar-refractivity contribution in [3.8, 4) is 0 Å². The first-order valence-corrected chi connectivity index (χ1v) is 11.3. The summed E-state index contributed by atoms with van der Waals surface area (Å²) in [4.78, 5) is 35.8. The quantitative estimate of drug-likeness (QED) is 0.463. The van der Waals surface area contributed by atoms with Gasteiger partial charge in [-0.15, -0.1) is 0 Å². The zero-order valence-corrected chi connectivity index (χ0v) is 18.5. The highest BCUT2D eigenvalue weighted by atomic mass is 16.2. The second kappa shape index (κ2) is 8.90. The molecule has 1 aliphatic heterocycles. The number of amides is 2. The summed E-state index contributed by atoms with van der Waals surface area (Å²) in [6.07, 6.45) is 1.74. The first kappa shape index (κ1) is 20.9. The molecule has 0 bridgehead atoms. The summed E-state index contributed by atoms with van der Waals surface area (Å²) < 4.78 is 0. The van der Waals surface area contributed by atoms with Crippen LogP contribution in [0.2, 0.25) is 0 Å². The molecule has 3 aromatic carbocycles. The number of aromatic amines is 1. The number of nitrogens with one attached hydrogen (secondary N) is 2. The Balaban J connectivity index is 1.26. The number of anilines is 1. The highest BCUT2D eigenvalue weighted by Gasteiger charge is 2.26. The molecular formula is C27H26N4O2. The van der Waals surface area contributed by atoms with Crippen molar-refractivity contribution in [2.24, 2.45) is 0 Å². The molecule has 0 atom stereocenters. The van der Waals surface area contributed by atoms with Gasteiger partial charge in [0.2, 0.25) is 0 Å². The minimum Gasteiger partial charge on any atom is -0.342 e. The number of H-pyrrole nitrogens is 1. The van der Waals surface area contributed by atoms with E-state index >= 15 is 0 Å². The van der Waals surface area contributed by atoms with Crippen molar-refractivity contribution >= 4 is 28.5 Å². The SMILES string of the molecule is Cc1ccc(C(=O)N2CCC(c3nc4ccccc4[nH]3)CC2)cc1NC(=O)c1ccccc1. The number of carbonyl (C=O) groups excluding carboxylic acids is 2. The molecule has 0 saturated carbocycles. The normalized spacial score (nSPS) is 14.4. The first-order chi connectivity index (χ1) is 16.1. The summed E-state index contributed by atoms with van der Waals surface area (Å²) in [6.45, 7) is 3.29. The van der Waals surface area contributed by atoms with E-state index in [2.05, 4.69) is 10.3 Å². The molecule has 0 unspecified atom stereocenters. The van der Waals surface area contributed by atoms with Gasteiger partial charge in [-0.05, 0) is 61.7 Å². The number of aromatic nitrogens is 2. The monoisotopic (exact) mass is 438 g/mol. The molecule has 6 heteroatoms. The smallest absolute Gasteiger partial charge is 0.255 e. The number of nitrogens with zero attached hydrogens (tertiary/aromatic N) is 2. The summed E-state index contributed by atoms with van der Waals surface area (Å²) in [7, 11) is 0. The van der Waals surface area contributed by atoms with E-state index in [0.29, 0.717) is 35.8 Å². The molecule has 2 amide bonds. The molecule has 5 rings (SSSR count). The molecule has 33 heavy (non-hydrogen) atoms. The molecule has 1 aromatic heterocycles. The molecule has 1 saturated heterocycles. The number of piperidine rings is 1. The molecule has 166 valence electrons. The number of likely N-dealkylation sites (tertiary alicyclic amines) is 1. The van der Waals surface area contributed by atoms with E-state index in [1.54, 1.807) is 18.2 Å². The molecule has 2 N–H and O–H groups in total. The Morgan fingerprint density at radius 3 is 2.42 bits per heavy atom. The van der Waals surface area contributed by atoms with Gasteiger partial charge in [-0.3, -0.25) is 9.59 Å². The van der Waals surface area contributed by atoms with E-state index in [1.807, 2.05) is 66.4 Å². The van der Waals surface area contributed by atoms with Crippen LogP contribution in [0.15, 0.2) is 72.8 Å². The molecule has 4 aromatic rings. The third-order valence-electron chi connectivity index (χ3n) is 6.35. The molecule has 6 nitrogen and oxygen atoms in total. The van der Waals surface area contributed by atoms with Crippen molar-refractivity contribution in [3.05, 3.63) is 95.3 Å². The molecule has 1 aliphatic rings. The number of hydrogen-bond acceptors (Lipinski definition) is 3. The number of aryl methyl sites for hydroxylation is 1. The van der Waals surface area contributed by atoms with E-state index in [-0.39, 0.29) is 11.8 Å². The maximum atomic E-state index is 13.2. The zero-order valence-electron chi connectivity index (χ0n) is 18.5. The molecular weight excluding hydrogens is 412 g/mol. The Labute approximate surface area is 192 Å². The van der Waals surface area contributed by atoms with Gasteiger partial charge >= 0.3 is 0 Å². The van der Waals surface area contributed by atoms with Crippen molar-refractivity contribution < 1.29 is 9.59 Å². The summed E-state index contributed by atoms with van der Waals surface area (Å²) in [5.41, 5.74) is 4.78. The summed E-state index contributed by atoms with van der Waals surface area (Å²) in [5, 5.41) is 2.94. The number of rotatable bonds is 4. The van der Waals surface area contributed by atoms with Gasteiger partial charge in [-0.1, -0.05) is 36.4 Å². The maximum Gasteiger partial charge on any atom is 0.255 e. The van der Waals surface area contributed by atoms with Crippen LogP contribution in [0, 0.1) is 6.92 Å². The predicted molar refractivity (Wildman–Crippen MR) is 130 cm³/mol. The highest BCUT2D eigenvalue weighted by Crippen LogP contribution is 2.29. The van der Waals surface area contributed by atoms with Gasteiger partial charge < -0.3 is 15.2 Å². The Kier molecular flexibility index (Phi) is 5.65. The van der Waals surface area contributed by atoms with Crippen LogP contribution >= 0.6 is 0 Å². The van der Waals surface area contributed by atoms with Gasteiger partial charge in [-0.2, -0.15) is 0 Å². The lowest BCUT2D eigenvalue weighted by Gasteiger charge is -2.31. The number of imidazole rings is 1. The number of para-hydroxylation sites is 2. The van der Waals surface area contributed by atoms with Crippen LogP contribution in [0.25, 0.3) is 11.0 Å². The largest absolute Gasteiger partial charge is 0.342 e. The topological polar surface area (TPSA) is 78.1 Å². The van der Waals surface area contributed by atoms with E-state index in [1.165, 1.54) is 0 Å². The van der Waals surface area contributed by atoms with Crippen LogP contribution in [0.1, 0.15) is 50.9 Å². The zero-order chi connectivity index (χ0) is 22.8. The fourth-order valence-corrected chi connectivity index (χ4v) is 4.38. The number of hydrogen-bond donors (Lipinski definition) is 2. The van der Waals surface area contributed by atoms with Crippen LogP contribution in [0.5, 0.6) is 0 Å². The predicted octanol–water partition coefficient (Wildman–Crippen LogP) is 5.14. The van der Waals surface area contributed by atoms with Gasteiger partial charge in [0, 0.05) is 35.8 Å². The Bertz CT molecular complexity index is 1270. The first-order valence-electron chi connectivity index (χ1n) is 11.3. The van der Waals surface area contributed by atoms with Crippen LogP contribution in [-0.2, 0) is 0 Å². The van der Waals surface area contributed by atoms with Gasteiger partial charge in [0.1, 0.15) is 5.82 Å². The van der Waals surface area contributed by atoms with Crippen molar-refractivity contribution in [2.45, 2.75) is 25.7 Å². The van der Waals surface area contributed by atoms with E-state index in [9.17, 15) is 9.59 Å². The second-order valence-corrected chi connectivity index (χ2v) is 8.56. The van der Waals surface area contributed by atoms with E-state index in [0.717, 1.165) is 35.3 Å². The molecule has 0 spiro atoms. The van der Waals surface area contributed by atoms with Gasteiger partial charge in [-0.25, -0.2) is 4.98 Å². The third-order valence-corrected chi connectivity index (χ3v) is 6.35. The average Bonchev–Trinajstić information content (AvgIpc) is 3.30. The standard InChI is InChI=1S/C27H26N4O2/c1-18-11-12-21(17-24(18)30-26(32)20-7-3-2-4-8-20)27(33)31-15-13-19(14-16-31)25-28-22-9-5-6-10-23(22)29-25/h2-12,17,19H,13-16H2,1H3,(H,28,29)(H,30,32). The van der Waals surface area contributed by atoms with E-state index in [4.69, 9.17) is 4.98 Å². The summed E-state index contributed by atoms with van der Waals surface area (Å²) in [6, 6.07) is 22.6. The Hall–Kier alpha value is -3.93. The van der Waals surface area contributed by atoms with Crippen LogP contribution in [0.3, 0.4) is 0 Å². The van der Waals surface area contributed by atoms with Crippen molar-refractivity contribution in [3.63, 3.8) is 0 Å². The molecule has 1 fully saturated rings. The fraction of sp³-hybridized carbons (Fsp3) is 0.222. The van der Waals surface area contributed by atoms with Crippen molar-refractivity contribution in [1.82, 2.24) is 14.9 Å². The molecule has 0 radical (unpaired) electrons. The van der Waals surface area contributed by atoms with Crippen molar-refractivity contribution in [1.29, 1.82) is 0 Å². The molecule has 0 aliphatic carbocycles. The minimum absolute atomic E-state index is 0.00624. The minimum atomic E-state index is -0.185. The number of carbonyl (C=O) groups is 2. The lowest BCUT2D eigenvalue weighted by molar-refractivity contribution is 0.0711. The Morgan fingerprint density at radius 1 is 0.939 bits per heavy atom. The highest BCUT2D eigenvalue weighted by molar-refractivity contribution is 6.05. The third kappa shape index (κ3) is 4.37. The lowest BCUT2D eigenvalue weighted by atomic mass is 9.95. The van der Waals surface area contributed by atoms with Gasteiger partial charge in [0.15, 0.2) is 0 Å². The fourth-order valence-electron chi connectivity index (χ4n) is 4.38. The van der Waals surface area contributed by atoms with Gasteiger partial charge in [0.25, 0.3) is 11.8 Å². The van der Waals surface area contributed by atoms with Crippen LogP contribution in [-0.4, -0.2) is 39.8 Å². The van der Waals surface area contributed by atoms with E-state index < -0.39 is 0 Å². The summed E-state index contributed by atoms with van der Waals surface area (Å²) >= 11 is 0. The van der Waals surface area contributed by atoms with Crippen molar-refractivity contribution in [2.75, 3.05) is 18.4 Å². The maximum absolute atomic E-state index is 13.2. The summed E-state index contributed by atoms with van der Waals surface area (Å²) in [5.74, 6) is 1.13. The lowest BCUT2D eigenvalue weighted by Crippen LogP contribution is -2.38. The van der Waals surface area contributed by atoms with Crippen LogP contribution in [0.4, 0.5) is 5.69 Å². The molecule has 2 heterocycles. The van der Waals surface area contributed by atoms with Crippen LogP contribution < -0.4 is 5.32 Å². The Morgan fingerprint density at radius 2 is 1.67 bits per heavy atom. The second-order valence-electron chi connectivity index (χ2n) is 8.56.